The van der Waals surface area contributed by atoms with E-state index in [2.05, 4.69) is 4.98 Å². The molecule has 2 aliphatic heterocycles. The average molecular weight is 467 g/mol. The molecule has 2 fully saturated rings. The molecule has 0 radical (unpaired) electrons. The van der Waals surface area contributed by atoms with Crippen molar-refractivity contribution in [1.29, 1.82) is 0 Å². The molecule has 2 saturated heterocycles. The van der Waals surface area contributed by atoms with Crippen molar-refractivity contribution in [2.75, 3.05) is 7.11 Å². The van der Waals surface area contributed by atoms with Crippen LogP contribution in [0, 0.1) is 24.4 Å². The molecule has 3 aromatic rings. The molecule has 1 amide bonds. The lowest BCUT2D eigenvalue weighted by molar-refractivity contribution is -0.132. The van der Waals surface area contributed by atoms with Crippen molar-refractivity contribution < 1.29 is 22.7 Å². The fourth-order valence-corrected chi connectivity index (χ4v) is 5.11. The molecular weight excluding hydrogens is 443 g/mol. The molecule has 2 aliphatic rings. The fraction of sp³-hybridized carbons (Fsp3) is 0.308. The zero-order valence-corrected chi connectivity index (χ0v) is 18.9. The van der Waals surface area contributed by atoms with Crippen LogP contribution in [-0.2, 0) is 4.79 Å². The quantitative estimate of drug-likeness (QED) is 0.475. The van der Waals surface area contributed by atoms with Gasteiger partial charge in [-0.3, -0.25) is 4.79 Å². The second kappa shape index (κ2) is 8.66. The maximum atomic E-state index is 14.5. The highest BCUT2D eigenvalue weighted by Gasteiger charge is 2.43. The highest BCUT2D eigenvalue weighted by atomic mass is 19.1. The number of benzene rings is 2. The van der Waals surface area contributed by atoms with Gasteiger partial charge in [0.15, 0.2) is 0 Å². The minimum absolute atomic E-state index is 0.0834. The van der Waals surface area contributed by atoms with Gasteiger partial charge in [-0.25, -0.2) is 18.2 Å². The van der Waals surface area contributed by atoms with E-state index in [0.29, 0.717) is 49.1 Å². The summed E-state index contributed by atoms with van der Waals surface area (Å²) in [6, 6.07) is 6.14. The van der Waals surface area contributed by atoms with Crippen molar-refractivity contribution in [1.82, 2.24) is 14.5 Å². The molecular formula is C26H24F3N3O2. The average Bonchev–Trinajstić information content (AvgIpc) is 3.42. The number of rotatable bonds is 4. The van der Waals surface area contributed by atoms with Crippen LogP contribution in [0.5, 0.6) is 5.75 Å². The van der Waals surface area contributed by atoms with Crippen LogP contribution in [0.2, 0.25) is 0 Å². The number of piperidine rings is 1. The van der Waals surface area contributed by atoms with Crippen LogP contribution in [0.3, 0.4) is 0 Å². The molecule has 3 heterocycles. The first kappa shape index (κ1) is 22.3. The minimum Gasteiger partial charge on any atom is -0.495 e. The van der Waals surface area contributed by atoms with Gasteiger partial charge in [0.1, 0.15) is 23.2 Å². The number of nitrogens with zero attached hydrogens (tertiary/aromatic N) is 3. The van der Waals surface area contributed by atoms with E-state index in [9.17, 15) is 18.0 Å². The van der Waals surface area contributed by atoms with E-state index in [1.54, 1.807) is 24.4 Å². The Balaban J connectivity index is 1.46. The van der Waals surface area contributed by atoms with Gasteiger partial charge in [-0.2, -0.15) is 0 Å². The smallest absolute Gasteiger partial charge is 0.250 e. The van der Waals surface area contributed by atoms with E-state index in [1.165, 1.54) is 0 Å². The molecule has 0 N–H and O–H groups in total. The number of methoxy groups -OCH3 is 1. The van der Waals surface area contributed by atoms with Crippen LogP contribution in [0.15, 0.2) is 48.4 Å². The molecule has 2 atom stereocenters. The highest BCUT2D eigenvalue weighted by molar-refractivity contribution is 5.99. The number of halogens is 3. The largest absolute Gasteiger partial charge is 0.495 e. The predicted octanol–water partition coefficient (Wildman–Crippen LogP) is 5.52. The summed E-state index contributed by atoms with van der Waals surface area (Å²) in [6.07, 6.45) is 7.78. The number of fused-ring (bicyclic) bond motifs is 1. The number of aryl methyl sites for hydroxylation is 1. The van der Waals surface area contributed by atoms with Crippen LogP contribution in [-0.4, -0.2) is 33.5 Å². The maximum absolute atomic E-state index is 14.5. The van der Waals surface area contributed by atoms with Crippen molar-refractivity contribution in [2.24, 2.45) is 0 Å². The van der Waals surface area contributed by atoms with Gasteiger partial charge in [0.05, 0.1) is 30.9 Å². The summed E-state index contributed by atoms with van der Waals surface area (Å²) in [5, 5.41) is 0. The van der Waals surface area contributed by atoms with E-state index >= 15 is 0 Å². The molecule has 8 heteroatoms. The van der Waals surface area contributed by atoms with E-state index < -0.39 is 23.5 Å². The monoisotopic (exact) mass is 467 g/mol. The Kier molecular flexibility index (Phi) is 5.67. The Hall–Kier alpha value is -3.55. The van der Waals surface area contributed by atoms with Gasteiger partial charge in [-0.15, -0.1) is 0 Å². The number of imidazole rings is 1. The molecule has 0 saturated carbocycles. The van der Waals surface area contributed by atoms with Gasteiger partial charge >= 0.3 is 0 Å². The lowest BCUT2D eigenvalue weighted by atomic mass is 9.95. The first-order valence-corrected chi connectivity index (χ1v) is 11.2. The Morgan fingerprint density at radius 2 is 1.85 bits per heavy atom. The second-order valence-corrected chi connectivity index (χ2v) is 8.80. The molecule has 2 aromatic carbocycles. The third kappa shape index (κ3) is 3.87. The summed E-state index contributed by atoms with van der Waals surface area (Å²) < 4.78 is 49.9. The fourth-order valence-electron chi connectivity index (χ4n) is 5.11. The summed E-state index contributed by atoms with van der Waals surface area (Å²) >= 11 is 0. The lowest BCUT2D eigenvalue weighted by Gasteiger charge is -2.35. The molecule has 34 heavy (non-hydrogen) atoms. The number of amides is 1. The number of carbonyl (C=O) groups is 1. The molecule has 176 valence electrons. The first-order chi connectivity index (χ1) is 16.4. The minimum atomic E-state index is -0.970. The molecule has 1 aromatic heterocycles. The van der Waals surface area contributed by atoms with Gasteiger partial charge in [-0.1, -0.05) is 6.07 Å². The SMILES string of the molecule is COc1cc(C=C2CC[C@H]3CC[C@@H](c4c(F)cc(F)cc4F)N3C2=O)ccc1-n1cnc(C)c1. The van der Waals surface area contributed by atoms with E-state index in [4.69, 9.17) is 4.74 Å². The summed E-state index contributed by atoms with van der Waals surface area (Å²) in [5.41, 5.74) is 2.82. The van der Waals surface area contributed by atoms with E-state index in [-0.39, 0.29) is 17.5 Å². The van der Waals surface area contributed by atoms with Crippen LogP contribution in [0.25, 0.3) is 11.8 Å². The van der Waals surface area contributed by atoms with Crippen LogP contribution in [0.1, 0.15) is 48.5 Å². The molecule has 5 nitrogen and oxygen atoms in total. The van der Waals surface area contributed by atoms with Crippen molar-refractivity contribution >= 4 is 12.0 Å². The van der Waals surface area contributed by atoms with Gasteiger partial charge in [0, 0.05) is 35.5 Å². The van der Waals surface area contributed by atoms with Gasteiger partial charge in [0.2, 0.25) is 0 Å². The molecule has 0 spiro atoms. The lowest BCUT2D eigenvalue weighted by Crippen LogP contribution is -2.42. The number of carbonyl (C=O) groups excluding carboxylic acids is 1. The number of hydrogen-bond donors (Lipinski definition) is 0. The second-order valence-electron chi connectivity index (χ2n) is 8.80. The third-order valence-electron chi connectivity index (χ3n) is 6.67. The Labute approximate surface area is 195 Å². The summed E-state index contributed by atoms with van der Waals surface area (Å²) in [7, 11) is 1.58. The van der Waals surface area contributed by atoms with Gasteiger partial charge in [0.25, 0.3) is 5.91 Å². The molecule has 5 rings (SSSR count). The molecule has 0 bridgehead atoms. The summed E-state index contributed by atoms with van der Waals surface area (Å²) in [4.78, 5) is 19.2. The van der Waals surface area contributed by atoms with Crippen molar-refractivity contribution in [3.63, 3.8) is 0 Å². The van der Waals surface area contributed by atoms with Gasteiger partial charge in [-0.05, 0) is 56.4 Å². The van der Waals surface area contributed by atoms with Crippen molar-refractivity contribution in [3.05, 3.63) is 82.7 Å². The first-order valence-electron chi connectivity index (χ1n) is 11.2. The van der Waals surface area contributed by atoms with Crippen LogP contribution >= 0.6 is 0 Å². The van der Waals surface area contributed by atoms with Crippen molar-refractivity contribution in [3.8, 4) is 11.4 Å². The Morgan fingerprint density at radius 3 is 2.53 bits per heavy atom. The number of ether oxygens (including phenoxy) is 1. The molecule has 0 aliphatic carbocycles. The topological polar surface area (TPSA) is 47.4 Å². The van der Waals surface area contributed by atoms with Gasteiger partial charge < -0.3 is 14.2 Å². The standard InChI is InChI=1S/C26H24F3N3O2/c1-15-13-31(14-30-15)22-7-3-16(10-24(22)34-2)9-17-4-5-19-6-8-23(32(19)26(17)33)25-20(28)11-18(27)12-21(25)29/h3,7,9-14,19,23H,4-6,8H2,1-2H3/t19-,23-/m0/s1. The zero-order chi connectivity index (χ0) is 24.0. The highest BCUT2D eigenvalue weighted by Crippen LogP contribution is 2.44. The molecule has 0 unspecified atom stereocenters. The maximum Gasteiger partial charge on any atom is 0.250 e. The van der Waals surface area contributed by atoms with Crippen LogP contribution < -0.4 is 4.74 Å². The Bertz CT molecular complexity index is 1280. The predicted molar refractivity (Wildman–Crippen MR) is 121 cm³/mol. The normalized spacial score (nSPS) is 21.3. The van der Waals surface area contributed by atoms with Crippen LogP contribution in [0.4, 0.5) is 13.2 Å². The van der Waals surface area contributed by atoms with Crippen molar-refractivity contribution in [2.45, 2.75) is 44.7 Å². The third-order valence-corrected chi connectivity index (χ3v) is 6.67. The summed E-state index contributed by atoms with van der Waals surface area (Å²) in [6.45, 7) is 1.90. The summed E-state index contributed by atoms with van der Waals surface area (Å²) in [5.74, 6) is -2.50. The number of hydrogen-bond acceptors (Lipinski definition) is 3. The van der Waals surface area contributed by atoms with E-state index in [1.807, 2.05) is 35.9 Å². The Morgan fingerprint density at radius 1 is 1.09 bits per heavy atom. The number of aromatic nitrogens is 2. The zero-order valence-electron chi connectivity index (χ0n) is 18.9. The van der Waals surface area contributed by atoms with E-state index in [0.717, 1.165) is 16.9 Å².